The largest absolute Gasteiger partial charge is 0.481 e. The summed E-state index contributed by atoms with van der Waals surface area (Å²) in [6.07, 6.45) is 17.5. The number of carbonyl (C=O) groups is 1. The minimum absolute atomic E-state index is 0.189. The SMILES string of the molecule is C#CCOc1ccc(C[C@@H](C(=O)OC)N(CC#C)[C@@H](/C=C/C2CC2)[C@H](O)Cc2ccccc2)cc1. The molecule has 0 amide bonds. The van der Waals surface area contributed by atoms with E-state index in [-0.39, 0.29) is 13.2 Å². The fraction of sp³-hybridized carbons (Fsp3) is 0.367. The number of terminal acetylenes is 2. The summed E-state index contributed by atoms with van der Waals surface area (Å²) in [5, 5.41) is 11.3. The first-order chi connectivity index (χ1) is 17.0. The van der Waals surface area contributed by atoms with Crippen LogP contribution in [0, 0.1) is 30.6 Å². The highest BCUT2D eigenvalue weighted by Gasteiger charge is 2.35. The van der Waals surface area contributed by atoms with E-state index in [1.807, 2.05) is 65.6 Å². The number of nitrogens with zero attached hydrogens (tertiary/aromatic N) is 1. The number of ether oxygens (including phenoxy) is 2. The van der Waals surface area contributed by atoms with Crippen molar-refractivity contribution >= 4 is 5.97 Å². The van der Waals surface area contributed by atoms with E-state index >= 15 is 0 Å². The van der Waals surface area contributed by atoms with Gasteiger partial charge in [0.2, 0.25) is 0 Å². The standard InChI is InChI=1S/C30H33NO4/c1-4-19-31(27(18-15-23-11-12-23)29(32)22-24-9-7-6-8-10-24)28(30(33)34-3)21-25-13-16-26(17-14-25)35-20-5-2/h1-2,6-10,13-18,23,27-29,32H,11-12,19-22H2,3H3/b18-15+/t27-,28-,29+/m0/s1. The van der Waals surface area contributed by atoms with Crippen molar-refractivity contribution < 1.29 is 19.4 Å². The second-order valence-electron chi connectivity index (χ2n) is 8.73. The van der Waals surface area contributed by atoms with Gasteiger partial charge in [0.05, 0.1) is 25.8 Å². The number of aliphatic hydroxyl groups excluding tert-OH is 1. The summed E-state index contributed by atoms with van der Waals surface area (Å²) in [6, 6.07) is 16.1. The monoisotopic (exact) mass is 471 g/mol. The van der Waals surface area contributed by atoms with Crippen LogP contribution in [-0.4, -0.2) is 54.4 Å². The lowest BCUT2D eigenvalue weighted by atomic mass is 9.96. The highest BCUT2D eigenvalue weighted by Crippen LogP contribution is 2.31. The molecule has 3 rings (SSSR count). The van der Waals surface area contributed by atoms with Crippen LogP contribution in [0.25, 0.3) is 0 Å². The van der Waals surface area contributed by atoms with Gasteiger partial charge >= 0.3 is 5.97 Å². The molecule has 182 valence electrons. The Labute approximate surface area is 208 Å². The summed E-state index contributed by atoms with van der Waals surface area (Å²) in [5.74, 6) is 5.90. The molecule has 0 saturated heterocycles. The van der Waals surface area contributed by atoms with E-state index in [1.54, 1.807) is 0 Å². The van der Waals surface area contributed by atoms with Crippen LogP contribution in [0.5, 0.6) is 5.75 Å². The van der Waals surface area contributed by atoms with Gasteiger partial charge in [-0.3, -0.25) is 9.69 Å². The van der Waals surface area contributed by atoms with E-state index in [0.29, 0.717) is 24.5 Å². The molecule has 0 aromatic heterocycles. The summed E-state index contributed by atoms with van der Waals surface area (Å²) in [4.78, 5) is 14.9. The molecule has 0 aliphatic heterocycles. The third-order valence-corrected chi connectivity index (χ3v) is 6.09. The number of rotatable bonds is 13. The lowest BCUT2D eigenvalue weighted by molar-refractivity contribution is -0.148. The van der Waals surface area contributed by atoms with Crippen LogP contribution < -0.4 is 4.74 Å². The Kier molecular flexibility index (Phi) is 9.99. The molecule has 1 aliphatic carbocycles. The molecule has 1 N–H and O–H groups in total. The summed E-state index contributed by atoms with van der Waals surface area (Å²) < 4.78 is 10.6. The third-order valence-electron chi connectivity index (χ3n) is 6.09. The molecule has 0 unspecified atom stereocenters. The predicted octanol–water partition coefficient (Wildman–Crippen LogP) is 3.66. The molecular formula is C30H33NO4. The second-order valence-corrected chi connectivity index (χ2v) is 8.73. The first kappa shape index (κ1) is 26.1. The van der Waals surface area contributed by atoms with Crippen molar-refractivity contribution in [1.29, 1.82) is 0 Å². The van der Waals surface area contributed by atoms with Crippen LogP contribution in [0.3, 0.4) is 0 Å². The molecule has 35 heavy (non-hydrogen) atoms. The number of aliphatic hydroxyl groups is 1. The van der Waals surface area contributed by atoms with Gasteiger partial charge in [0.1, 0.15) is 18.4 Å². The molecule has 1 fully saturated rings. The highest BCUT2D eigenvalue weighted by molar-refractivity contribution is 5.76. The van der Waals surface area contributed by atoms with E-state index in [2.05, 4.69) is 17.9 Å². The fourth-order valence-corrected chi connectivity index (χ4v) is 4.07. The van der Waals surface area contributed by atoms with Crippen LogP contribution in [0.1, 0.15) is 24.0 Å². The van der Waals surface area contributed by atoms with E-state index in [4.69, 9.17) is 22.3 Å². The van der Waals surface area contributed by atoms with Gasteiger partial charge < -0.3 is 14.6 Å². The molecule has 3 atom stereocenters. The number of carbonyl (C=O) groups excluding carboxylic acids is 1. The maximum absolute atomic E-state index is 13.0. The number of hydrogen-bond acceptors (Lipinski definition) is 5. The Morgan fingerprint density at radius 3 is 2.37 bits per heavy atom. The van der Waals surface area contributed by atoms with Crippen molar-refractivity contribution in [1.82, 2.24) is 4.90 Å². The Balaban J connectivity index is 1.88. The quantitative estimate of drug-likeness (QED) is 0.275. The van der Waals surface area contributed by atoms with Gasteiger partial charge in [0, 0.05) is 6.42 Å². The van der Waals surface area contributed by atoms with Gasteiger partial charge in [-0.05, 0) is 48.4 Å². The molecule has 0 spiro atoms. The normalized spacial score (nSPS) is 15.7. The molecule has 5 heteroatoms. The minimum atomic E-state index is -0.757. The van der Waals surface area contributed by atoms with Crippen LogP contribution in [0.2, 0.25) is 0 Å². The van der Waals surface area contributed by atoms with Gasteiger partial charge in [0.25, 0.3) is 0 Å². The second kappa shape index (κ2) is 13.4. The average molecular weight is 472 g/mol. The Bertz CT molecular complexity index is 1040. The highest BCUT2D eigenvalue weighted by atomic mass is 16.5. The lowest BCUT2D eigenvalue weighted by Crippen LogP contribution is -2.53. The zero-order valence-corrected chi connectivity index (χ0v) is 20.2. The molecule has 0 heterocycles. The molecule has 0 bridgehead atoms. The van der Waals surface area contributed by atoms with Crippen LogP contribution >= 0.6 is 0 Å². The zero-order chi connectivity index (χ0) is 25.0. The zero-order valence-electron chi connectivity index (χ0n) is 20.2. The van der Waals surface area contributed by atoms with E-state index in [0.717, 1.165) is 24.0 Å². The predicted molar refractivity (Wildman–Crippen MR) is 138 cm³/mol. The van der Waals surface area contributed by atoms with Gasteiger partial charge in [-0.2, -0.15) is 0 Å². The molecule has 5 nitrogen and oxygen atoms in total. The maximum atomic E-state index is 13.0. The first-order valence-electron chi connectivity index (χ1n) is 11.9. The van der Waals surface area contributed by atoms with Crippen molar-refractivity contribution in [3.05, 3.63) is 77.9 Å². The Morgan fingerprint density at radius 2 is 1.77 bits per heavy atom. The maximum Gasteiger partial charge on any atom is 0.323 e. The molecule has 2 aromatic carbocycles. The van der Waals surface area contributed by atoms with E-state index in [9.17, 15) is 9.90 Å². The van der Waals surface area contributed by atoms with Crippen molar-refractivity contribution in [2.75, 3.05) is 20.3 Å². The number of allylic oxidation sites excluding steroid dienone is 1. The van der Waals surface area contributed by atoms with Crippen molar-refractivity contribution in [3.63, 3.8) is 0 Å². The average Bonchev–Trinajstić information content (AvgIpc) is 3.71. The number of esters is 1. The van der Waals surface area contributed by atoms with E-state index in [1.165, 1.54) is 7.11 Å². The van der Waals surface area contributed by atoms with Crippen molar-refractivity contribution in [3.8, 4) is 30.4 Å². The summed E-state index contributed by atoms with van der Waals surface area (Å²) in [7, 11) is 1.37. The topological polar surface area (TPSA) is 59.0 Å². The van der Waals surface area contributed by atoms with E-state index < -0.39 is 24.2 Å². The fourth-order valence-electron chi connectivity index (χ4n) is 4.07. The van der Waals surface area contributed by atoms with Crippen molar-refractivity contribution in [2.24, 2.45) is 5.92 Å². The summed E-state index contributed by atoms with van der Waals surface area (Å²) in [6.45, 7) is 0.378. The Hall–Kier alpha value is -3.51. The first-order valence-corrected chi connectivity index (χ1v) is 11.9. The molecule has 1 aliphatic rings. The number of methoxy groups -OCH3 is 1. The van der Waals surface area contributed by atoms with Crippen LogP contribution in [0.4, 0.5) is 0 Å². The van der Waals surface area contributed by atoms with Gasteiger partial charge in [-0.25, -0.2) is 0 Å². The molecular weight excluding hydrogens is 438 g/mol. The smallest absolute Gasteiger partial charge is 0.323 e. The Morgan fingerprint density at radius 1 is 1.09 bits per heavy atom. The molecule has 0 radical (unpaired) electrons. The molecule has 2 aromatic rings. The summed E-state index contributed by atoms with van der Waals surface area (Å²) in [5.41, 5.74) is 1.93. The molecule has 1 saturated carbocycles. The van der Waals surface area contributed by atoms with Gasteiger partial charge in [-0.15, -0.1) is 12.8 Å². The van der Waals surface area contributed by atoms with Crippen LogP contribution in [-0.2, 0) is 22.4 Å². The number of benzene rings is 2. The van der Waals surface area contributed by atoms with Crippen molar-refractivity contribution in [2.45, 2.75) is 43.9 Å². The lowest BCUT2D eigenvalue weighted by Gasteiger charge is -2.36. The van der Waals surface area contributed by atoms with Gasteiger partial charge in [0.15, 0.2) is 0 Å². The van der Waals surface area contributed by atoms with Crippen LogP contribution in [0.15, 0.2) is 66.7 Å². The van der Waals surface area contributed by atoms with Gasteiger partial charge in [-0.1, -0.05) is 66.5 Å². The third kappa shape index (κ3) is 8.04. The summed E-state index contributed by atoms with van der Waals surface area (Å²) >= 11 is 0. The number of hydrogen-bond donors (Lipinski definition) is 1. The minimum Gasteiger partial charge on any atom is -0.481 e.